The van der Waals surface area contributed by atoms with Crippen molar-refractivity contribution in [2.45, 2.75) is 0 Å². The molecule has 17 heavy (non-hydrogen) atoms. The maximum Gasteiger partial charge on any atom is 0.295 e. The van der Waals surface area contributed by atoms with Gasteiger partial charge >= 0.3 is 0 Å². The summed E-state index contributed by atoms with van der Waals surface area (Å²) in [5.74, 6) is 0. The van der Waals surface area contributed by atoms with Crippen molar-refractivity contribution in [3.05, 3.63) is 58.4 Å². The van der Waals surface area contributed by atoms with Crippen LogP contribution in [0.1, 0.15) is 5.56 Å². The van der Waals surface area contributed by atoms with E-state index in [0.29, 0.717) is 16.7 Å². The van der Waals surface area contributed by atoms with Crippen molar-refractivity contribution in [2.24, 2.45) is 0 Å². The highest BCUT2D eigenvalue weighted by Gasteiger charge is 2.14. The van der Waals surface area contributed by atoms with E-state index in [0.717, 1.165) is 0 Å². The standard InChI is InChI=1S/C12H7N3O2/c13-7-9-2-1-3-10(6-9)11-4-5-14-8-12(11)15(16)17/h1-6,8H. The molecule has 2 aromatic rings. The van der Waals surface area contributed by atoms with Gasteiger partial charge in [0.05, 0.1) is 22.1 Å². The highest BCUT2D eigenvalue weighted by Crippen LogP contribution is 2.28. The number of rotatable bonds is 2. The van der Waals surface area contributed by atoms with Gasteiger partial charge in [0.2, 0.25) is 0 Å². The van der Waals surface area contributed by atoms with Crippen LogP contribution in [0.2, 0.25) is 0 Å². The molecule has 5 nitrogen and oxygen atoms in total. The van der Waals surface area contributed by atoms with Crippen LogP contribution in [-0.4, -0.2) is 9.91 Å². The molecule has 0 bridgehead atoms. The van der Waals surface area contributed by atoms with E-state index in [-0.39, 0.29) is 5.69 Å². The number of hydrogen-bond acceptors (Lipinski definition) is 4. The van der Waals surface area contributed by atoms with Crippen LogP contribution in [-0.2, 0) is 0 Å². The molecule has 0 amide bonds. The second-order valence-electron chi connectivity index (χ2n) is 3.34. The first-order valence-corrected chi connectivity index (χ1v) is 4.81. The summed E-state index contributed by atoms with van der Waals surface area (Å²) in [7, 11) is 0. The molecule has 1 aromatic heterocycles. The lowest BCUT2D eigenvalue weighted by Gasteiger charge is -2.02. The number of nitriles is 1. The van der Waals surface area contributed by atoms with Gasteiger partial charge < -0.3 is 0 Å². The molecule has 0 unspecified atom stereocenters. The molecule has 0 saturated heterocycles. The Morgan fingerprint density at radius 3 is 2.88 bits per heavy atom. The SMILES string of the molecule is N#Cc1cccc(-c2ccncc2[N+](=O)[O-])c1. The van der Waals surface area contributed by atoms with E-state index in [2.05, 4.69) is 4.98 Å². The van der Waals surface area contributed by atoms with Crippen molar-refractivity contribution in [2.75, 3.05) is 0 Å². The van der Waals surface area contributed by atoms with Gasteiger partial charge in [-0.3, -0.25) is 15.1 Å². The molecule has 1 heterocycles. The third-order valence-corrected chi connectivity index (χ3v) is 2.30. The maximum absolute atomic E-state index is 10.9. The Labute approximate surface area is 97.1 Å². The van der Waals surface area contributed by atoms with Crippen molar-refractivity contribution in [1.82, 2.24) is 4.98 Å². The number of nitro groups is 1. The Balaban J connectivity index is 2.61. The molecular formula is C12H7N3O2. The van der Waals surface area contributed by atoms with Crippen LogP contribution in [0.15, 0.2) is 42.7 Å². The number of benzene rings is 1. The lowest BCUT2D eigenvalue weighted by Crippen LogP contribution is -1.93. The van der Waals surface area contributed by atoms with E-state index in [9.17, 15) is 10.1 Å². The van der Waals surface area contributed by atoms with E-state index in [1.807, 2.05) is 6.07 Å². The Hall–Kier alpha value is -2.74. The molecule has 0 radical (unpaired) electrons. The second-order valence-corrected chi connectivity index (χ2v) is 3.34. The van der Waals surface area contributed by atoms with Gasteiger partial charge in [-0.05, 0) is 23.8 Å². The first-order chi connectivity index (χ1) is 8.22. The van der Waals surface area contributed by atoms with E-state index >= 15 is 0 Å². The Morgan fingerprint density at radius 1 is 1.35 bits per heavy atom. The highest BCUT2D eigenvalue weighted by atomic mass is 16.6. The Kier molecular flexibility index (Phi) is 2.79. The summed E-state index contributed by atoms with van der Waals surface area (Å²) in [5.41, 5.74) is 1.50. The first kappa shape index (κ1) is 10.8. The molecule has 0 aliphatic heterocycles. The number of nitrogens with zero attached hydrogens (tertiary/aromatic N) is 3. The van der Waals surface area contributed by atoms with Crippen LogP contribution in [0.5, 0.6) is 0 Å². The zero-order valence-electron chi connectivity index (χ0n) is 8.70. The molecule has 1 aromatic carbocycles. The third-order valence-electron chi connectivity index (χ3n) is 2.30. The fourth-order valence-corrected chi connectivity index (χ4v) is 1.53. The minimum absolute atomic E-state index is 0.0670. The van der Waals surface area contributed by atoms with Crippen LogP contribution >= 0.6 is 0 Å². The molecular weight excluding hydrogens is 218 g/mol. The number of pyridine rings is 1. The predicted molar refractivity (Wildman–Crippen MR) is 61.0 cm³/mol. The van der Waals surface area contributed by atoms with Gasteiger partial charge in [-0.25, -0.2) is 0 Å². The van der Waals surface area contributed by atoms with Crippen molar-refractivity contribution < 1.29 is 4.92 Å². The van der Waals surface area contributed by atoms with E-state index in [1.54, 1.807) is 30.3 Å². The van der Waals surface area contributed by atoms with Crippen molar-refractivity contribution >= 4 is 5.69 Å². The molecule has 0 spiro atoms. The minimum Gasteiger partial charge on any atom is -0.258 e. The summed E-state index contributed by atoms with van der Waals surface area (Å²) >= 11 is 0. The van der Waals surface area contributed by atoms with E-state index in [1.165, 1.54) is 12.4 Å². The van der Waals surface area contributed by atoms with Gasteiger partial charge in [0, 0.05) is 6.20 Å². The average molecular weight is 225 g/mol. The van der Waals surface area contributed by atoms with Gasteiger partial charge in [-0.2, -0.15) is 5.26 Å². The number of aromatic nitrogens is 1. The predicted octanol–water partition coefficient (Wildman–Crippen LogP) is 2.53. The Bertz CT molecular complexity index is 617. The van der Waals surface area contributed by atoms with Gasteiger partial charge in [0.25, 0.3) is 5.69 Å². The fourth-order valence-electron chi connectivity index (χ4n) is 1.53. The zero-order chi connectivity index (χ0) is 12.3. The first-order valence-electron chi connectivity index (χ1n) is 4.81. The lowest BCUT2D eigenvalue weighted by atomic mass is 10.0. The van der Waals surface area contributed by atoms with Crippen LogP contribution in [0.4, 0.5) is 5.69 Å². The van der Waals surface area contributed by atoms with Crippen molar-refractivity contribution in [3.63, 3.8) is 0 Å². The Morgan fingerprint density at radius 2 is 2.18 bits per heavy atom. The van der Waals surface area contributed by atoms with Crippen LogP contribution in [0.25, 0.3) is 11.1 Å². The molecule has 5 heteroatoms. The molecule has 0 aliphatic carbocycles. The third kappa shape index (κ3) is 2.11. The monoisotopic (exact) mass is 225 g/mol. The maximum atomic E-state index is 10.9. The van der Waals surface area contributed by atoms with Crippen LogP contribution < -0.4 is 0 Å². The molecule has 0 saturated carbocycles. The van der Waals surface area contributed by atoms with Crippen LogP contribution in [0.3, 0.4) is 0 Å². The number of hydrogen-bond donors (Lipinski definition) is 0. The summed E-state index contributed by atoms with van der Waals surface area (Å²) in [5, 5.41) is 19.6. The summed E-state index contributed by atoms with van der Waals surface area (Å²) in [6.07, 6.45) is 2.69. The summed E-state index contributed by atoms with van der Waals surface area (Å²) in [4.78, 5) is 14.1. The highest BCUT2D eigenvalue weighted by molar-refractivity contribution is 5.73. The molecule has 82 valence electrons. The van der Waals surface area contributed by atoms with Crippen molar-refractivity contribution in [1.29, 1.82) is 5.26 Å². The van der Waals surface area contributed by atoms with Crippen molar-refractivity contribution in [3.8, 4) is 17.2 Å². The quantitative estimate of drug-likeness (QED) is 0.581. The summed E-state index contributed by atoms with van der Waals surface area (Å²) < 4.78 is 0. The fraction of sp³-hybridized carbons (Fsp3) is 0. The van der Waals surface area contributed by atoms with E-state index < -0.39 is 4.92 Å². The van der Waals surface area contributed by atoms with Gasteiger partial charge in [-0.1, -0.05) is 12.1 Å². The summed E-state index contributed by atoms with van der Waals surface area (Å²) in [6, 6.07) is 10.2. The minimum atomic E-state index is -0.485. The molecule has 0 atom stereocenters. The normalized spacial score (nSPS) is 9.59. The molecule has 0 fully saturated rings. The second kappa shape index (κ2) is 4.41. The van der Waals surface area contributed by atoms with Gasteiger partial charge in [0.15, 0.2) is 0 Å². The lowest BCUT2D eigenvalue weighted by molar-refractivity contribution is -0.384. The van der Waals surface area contributed by atoms with Gasteiger partial charge in [-0.15, -0.1) is 0 Å². The van der Waals surface area contributed by atoms with Crippen LogP contribution in [0, 0.1) is 21.4 Å². The van der Waals surface area contributed by atoms with Gasteiger partial charge in [0.1, 0.15) is 6.20 Å². The topological polar surface area (TPSA) is 79.8 Å². The zero-order valence-corrected chi connectivity index (χ0v) is 8.70. The summed E-state index contributed by atoms with van der Waals surface area (Å²) in [6.45, 7) is 0. The van der Waals surface area contributed by atoms with E-state index in [4.69, 9.17) is 5.26 Å². The molecule has 0 aliphatic rings. The molecule has 0 N–H and O–H groups in total. The molecule has 2 rings (SSSR count). The smallest absolute Gasteiger partial charge is 0.258 e. The average Bonchev–Trinajstić information content (AvgIpc) is 2.39. The largest absolute Gasteiger partial charge is 0.295 e.